The van der Waals surface area contributed by atoms with E-state index in [4.69, 9.17) is 0 Å². The monoisotopic (exact) mass is 441 g/mol. The summed E-state index contributed by atoms with van der Waals surface area (Å²) in [5, 5.41) is 0.161. The second kappa shape index (κ2) is 7.56. The first-order valence-corrected chi connectivity index (χ1v) is 15.5. The summed E-state index contributed by atoms with van der Waals surface area (Å²) >= 11 is 0. The van der Waals surface area contributed by atoms with Gasteiger partial charge in [0.05, 0.1) is 0 Å². The van der Waals surface area contributed by atoms with Crippen LogP contribution in [0.15, 0.2) is 12.1 Å². The van der Waals surface area contributed by atoms with Crippen LogP contribution in [0.1, 0.15) is 99.8 Å². The van der Waals surface area contributed by atoms with Gasteiger partial charge >= 0.3 is 8.90 Å². The fourth-order valence-corrected chi connectivity index (χ4v) is 9.95. The Morgan fingerprint density at radius 3 is 1.24 bits per heavy atom. The maximum atomic E-state index is 16.3. The fraction of sp³-hybridized carbons (Fsp3) is 0.750. The third-order valence-corrected chi connectivity index (χ3v) is 15.0. The molecule has 168 valence electrons. The maximum absolute atomic E-state index is 16.3. The van der Waals surface area contributed by atoms with Gasteiger partial charge in [-0.2, -0.15) is 0 Å². The van der Waals surface area contributed by atoms with Gasteiger partial charge in [-0.1, -0.05) is 108 Å². The molecule has 0 saturated carbocycles. The van der Waals surface area contributed by atoms with Crippen LogP contribution in [0.2, 0.25) is 18.1 Å². The van der Waals surface area contributed by atoms with Crippen molar-refractivity contribution in [1.29, 1.82) is 0 Å². The molecule has 0 fully saturated rings. The molecule has 0 spiro atoms. The average Bonchev–Trinajstić information content (AvgIpc) is 2.40. The quantitative estimate of drug-likeness (QED) is 0.384. The molecule has 0 saturated heterocycles. The predicted octanol–water partition coefficient (Wildman–Crippen LogP) is 7.26. The number of rotatable bonds is 3. The van der Waals surface area contributed by atoms with Gasteiger partial charge in [-0.3, -0.25) is 0 Å². The van der Waals surface area contributed by atoms with Crippen LogP contribution in [-0.4, -0.2) is 17.1 Å². The third kappa shape index (κ3) is 6.01. The lowest BCUT2D eigenvalue weighted by Gasteiger charge is -2.42. The molecule has 1 aromatic carbocycles. The van der Waals surface area contributed by atoms with E-state index >= 15 is 8.22 Å². The summed E-state index contributed by atoms with van der Waals surface area (Å²) < 4.78 is 35.5. The van der Waals surface area contributed by atoms with Crippen molar-refractivity contribution in [2.75, 3.05) is 0 Å². The van der Waals surface area contributed by atoms with Gasteiger partial charge in [0, 0.05) is 5.19 Å². The highest BCUT2D eigenvalue weighted by Gasteiger charge is 2.52. The minimum atomic E-state index is -4.90. The van der Waals surface area contributed by atoms with E-state index in [0.29, 0.717) is 5.19 Å². The van der Waals surface area contributed by atoms with Gasteiger partial charge in [-0.05, 0) is 38.0 Å². The first-order chi connectivity index (χ1) is 12.4. The fourth-order valence-electron chi connectivity index (χ4n) is 3.24. The molecule has 0 atom stereocenters. The molecule has 0 unspecified atom stereocenters. The Balaban J connectivity index is 3.97. The molecule has 1 aromatic rings. The highest BCUT2D eigenvalue weighted by molar-refractivity contribution is 6.93. The lowest BCUT2D eigenvalue weighted by atomic mass is 9.75. The van der Waals surface area contributed by atoms with Gasteiger partial charge < -0.3 is 4.65 Å². The second-order valence-electron chi connectivity index (χ2n) is 13.3. The minimum absolute atomic E-state index is 0.0950. The summed E-state index contributed by atoms with van der Waals surface area (Å²) in [6.45, 7) is 29.1. The first kappa shape index (κ1) is 26.5. The zero-order valence-corrected chi connectivity index (χ0v) is 23.4. The van der Waals surface area contributed by atoms with Crippen molar-refractivity contribution in [3.8, 4) is 0 Å². The summed E-state index contributed by atoms with van der Waals surface area (Å²) in [6.07, 6.45) is 0. The standard InChI is InChI=1S/C24H45F2NSi2/c1-21(2,3)17-15-18(22(4,5)6)20(19(16-17)23(7,8)9)29(25,26)27-28(13,14)24(10,11)12/h15-16,27H,1-14H3. The Morgan fingerprint density at radius 1 is 0.655 bits per heavy atom. The van der Waals surface area contributed by atoms with Gasteiger partial charge in [0.1, 0.15) is 8.24 Å². The van der Waals surface area contributed by atoms with Gasteiger partial charge in [0.15, 0.2) is 0 Å². The Kier molecular flexibility index (Phi) is 6.91. The van der Waals surface area contributed by atoms with Crippen molar-refractivity contribution in [1.82, 2.24) is 4.65 Å². The number of halogens is 2. The summed E-state index contributed by atoms with van der Waals surface area (Å²) in [7, 11) is -7.28. The topological polar surface area (TPSA) is 12.0 Å². The van der Waals surface area contributed by atoms with Gasteiger partial charge in [-0.15, -0.1) is 0 Å². The SMILES string of the molecule is CC(C)(C)c1cc(C(C)(C)C)c([Si](F)(F)N[Si](C)(C)C(C)(C)C)c(C(C)(C)C)c1. The summed E-state index contributed by atoms with van der Waals surface area (Å²) in [5.41, 5.74) is 1.93. The molecule has 0 radical (unpaired) electrons. The molecule has 0 aliphatic rings. The third-order valence-electron chi connectivity index (χ3n) is 6.28. The molecule has 0 bridgehead atoms. The Morgan fingerprint density at radius 2 is 1.00 bits per heavy atom. The van der Waals surface area contributed by atoms with Crippen LogP contribution in [0.5, 0.6) is 0 Å². The van der Waals surface area contributed by atoms with E-state index in [1.165, 1.54) is 0 Å². The van der Waals surface area contributed by atoms with Crippen molar-refractivity contribution in [2.24, 2.45) is 0 Å². The van der Waals surface area contributed by atoms with Crippen LogP contribution in [0.3, 0.4) is 0 Å². The van der Waals surface area contributed by atoms with Gasteiger partial charge in [-0.25, -0.2) is 8.22 Å². The first-order valence-electron chi connectivity index (χ1n) is 10.8. The molecule has 0 aliphatic carbocycles. The minimum Gasteiger partial charge on any atom is -0.305 e. The van der Waals surface area contributed by atoms with E-state index in [0.717, 1.165) is 16.7 Å². The highest BCUT2D eigenvalue weighted by atomic mass is 28.5. The van der Waals surface area contributed by atoms with Gasteiger partial charge in [0.25, 0.3) is 0 Å². The van der Waals surface area contributed by atoms with Crippen molar-refractivity contribution in [3.05, 3.63) is 28.8 Å². The molecule has 5 heteroatoms. The average molecular weight is 442 g/mol. The molecule has 1 N–H and O–H groups in total. The van der Waals surface area contributed by atoms with E-state index in [-0.39, 0.29) is 21.3 Å². The lowest BCUT2D eigenvalue weighted by Crippen LogP contribution is -2.68. The largest absolute Gasteiger partial charge is 0.531 e. The molecule has 1 nitrogen and oxygen atoms in total. The van der Waals surface area contributed by atoms with E-state index in [1.807, 2.05) is 13.1 Å². The summed E-state index contributed by atoms with van der Waals surface area (Å²) in [6, 6.07) is 4.11. The smallest absolute Gasteiger partial charge is 0.305 e. The molecular weight excluding hydrogens is 396 g/mol. The molecular formula is C24H45F2NSi2. The van der Waals surface area contributed by atoms with Crippen LogP contribution in [0.25, 0.3) is 0 Å². The zero-order chi connectivity index (χ0) is 23.4. The Hall–Kier alpha value is -0.526. The van der Waals surface area contributed by atoms with Crippen molar-refractivity contribution in [2.45, 2.75) is 117 Å². The summed E-state index contributed by atoms with van der Waals surface area (Å²) in [4.78, 5) is 0. The molecule has 1 rings (SSSR count). The van der Waals surface area contributed by atoms with Crippen LogP contribution in [-0.2, 0) is 16.2 Å². The van der Waals surface area contributed by atoms with Crippen molar-refractivity contribution >= 4 is 22.3 Å². The maximum Gasteiger partial charge on any atom is 0.531 e. The van der Waals surface area contributed by atoms with Crippen LogP contribution >= 0.6 is 0 Å². The molecule has 0 aromatic heterocycles. The molecule has 0 amide bonds. The lowest BCUT2D eigenvalue weighted by molar-refractivity contribution is 0.540. The van der Waals surface area contributed by atoms with Crippen molar-refractivity contribution in [3.63, 3.8) is 0 Å². The van der Waals surface area contributed by atoms with Crippen molar-refractivity contribution < 1.29 is 8.22 Å². The molecule has 0 aliphatic heterocycles. The zero-order valence-electron chi connectivity index (χ0n) is 21.4. The number of benzene rings is 1. The highest BCUT2D eigenvalue weighted by Crippen LogP contribution is 2.38. The summed E-state index contributed by atoms with van der Waals surface area (Å²) in [5.74, 6) is 0. The predicted molar refractivity (Wildman–Crippen MR) is 130 cm³/mol. The normalized spacial score (nSPS) is 15.0. The number of nitrogens with one attached hydrogen (secondary N) is 1. The Labute approximate surface area is 181 Å². The van der Waals surface area contributed by atoms with Crippen LogP contribution in [0, 0.1) is 0 Å². The number of hydrogen-bond donors (Lipinski definition) is 1. The van der Waals surface area contributed by atoms with Crippen LogP contribution < -0.4 is 9.83 Å². The molecule has 29 heavy (non-hydrogen) atoms. The van der Waals surface area contributed by atoms with E-state index in [9.17, 15) is 0 Å². The van der Waals surface area contributed by atoms with Gasteiger partial charge in [0.2, 0.25) is 0 Å². The van der Waals surface area contributed by atoms with E-state index in [1.54, 1.807) is 0 Å². The second-order valence-corrected chi connectivity index (χ2v) is 20.7. The van der Waals surface area contributed by atoms with E-state index < -0.39 is 17.1 Å². The van der Waals surface area contributed by atoms with E-state index in [2.05, 4.69) is 99.9 Å². The molecule has 0 heterocycles. The number of hydrogen-bond acceptors (Lipinski definition) is 1. The Bertz CT molecular complexity index is 705. The van der Waals surface area contributed by atoms with Crippen LogP contribution in [0.4, 0.5) is 8.22 Å².